The second kappa shape index (κ2) is 8.17. The van der Waals surface area contributed by atoms with Crippen molar-refractivity contribution in [1.82, 2.24) is 9.80 Å². The molecule has 3 rings (SSSR count). The number of aliphatic hydroxyl groups excluding tert-OH is 1. The van der Waals surface area contributed by atoms with Crippen LogP contribution in [0.5, 0.6) is 5.75 Å². The molecule has 2 unspecified atom stereocenters. The maximum atomic E-state index is 12.9. The molecule has 0 aromatic heterocycles. The zero-order valence-corrected chi connectivity index (χ0v) is 15.1. The number of methoxy groups -OCH3 is 1. The number of aryl methyl sites for hydroxylation is 1. The van der Waals surface area contributed by atoms with Crippen molar-refractivity contribution >= 4 is 5.91 Å². The highest BCUT2D eigenvalue weighted by molar-refractivity contribution is 5.96. The quantitative estimate of drug-likeness (QED) is 0.861. The standard InChI is InChI=1S/C19H28N2O4/c1-14-9-17(24-2)3-4-18(14)19(23)21-11-15(16(12-21)13-22)10-20-5-7-25-8-6-20/h3-4,9,15-16,22H,5-8,10-13H2,1-2H3. The minimum atomic E-state index is 0.0445. The van der Waals surface area contributed by atoms with E-state index in [4.69, 9.17) is 9.47 Å². The molecular formula is C19H28N2O4. The summed E-state index contributed by atoms with van der Waals surface area (Å²) in [5.74, 6) is 1.26. The molecule has 2 heterocycles. The highest BCUT2D eigenvalue weighted by Crippen LogP contribution is 2.27. The molecule has 2 aliphatic heterocycles. The van der Waals surface area contributed by atoms with Crippen molar-refractivity contribution in [2.75, 3.05) is 59.7 Å². The summed E-state index contributed by atoms with van der Waals surface area (Å²) in [5, 5.41) is 9.76. The van der Waals surface area contributed by atoms with Crippen LogP contribution in [0.15, 0.2) is 18.2 Å². The lowest BCUT2D eigenvalue weighted by Gasteiger charge is -2.30. The van der Waals surface area contributed by atoms with E-state index in [0.29, 0.717) is 24.6 Å². The first-order chi connectivity index (χ1) is 12.1. The van der Waals surface area contributed by atoms with Crippen LogP contribution in [-0.2, 0) is 4.74 Å². The first-order valence-corrected chi connectivity index (χ1v) is 8.97. The highest BCUT2D eigenvalue weighted by atomic mass is 16.5. The third-order valence-electron chi connectivity index (χ3n) is 5.36. The van der Waals surface area contributed by atoms with Crippen molar-refractivity contribution < 1.29 is 19.4 Å². The van der Waals surface area contributed by atoms with Gasteiger partial charge in [-0.1, -0.05) is 0 Å². The molecule has 2 fully saturated rings. The van der Waals surface area contributed by atoms with Gasteiger partial charge in [0.25, 0.3) is 5.91 Å². The molecule has 2 saturated heterocycles. The number of nitrogens with zero attached hydrogens (tertiary/aromatic N) is 2. The molecule has 1 aromatic rings. The van der Waals surface area contributed by atoms with E-state index < -0.39 is 0 Å². The summed E-state index contributed by atoms with van der Waals surface area (Å²) in [5.41, 5.74) is 1.63. The van der Waals surface area contributed by atoms with Gasteiger partial charge in [0.2, 0.25) is 0 Å². The third kappa shape index (κ3) is 4.14. The molecule has 0 spiro atoms. The Morgan fingerprint density at radius 3 is 2.64 bits per heavy atom. The number of rotatable bonds is 5. The predicted octanol–water partition coefficient (Wildman–Crippen LogP) is 1.02. The maximum absolute atomic E-state index is 12.9. The number of carbonyl (C=O) groups is 1. The van der Waals surface area contributed by atoms with E-state index in [1.165, 1.54) is 0 Å². The summed E-state index contributed by atoms with van der Waals surface area (Å²) in [6.07, 6.45) is 0. The molecule has 1 N–H and O–H groups in total. The van der Waals surface area contributed by atoms with Gasteiger partial charge in [0.05, 0.1) is 20.3 Å². The molecule has 6 heteroatoms. The number of ether oxygens (including phenoxy) is 2. The van der Waals surface area contributed by atoms with Gasteiger partial charge < -0.3 is 19.5 Å². The number of carbonyl (C=O) groups excluding carboxylic acids is 1. The summed E-state index contributed by atoms with van der Waals surface area (Å²) in [6.45, 7) is 7.69. The zero-order valence-electron chi connectivity index (χ0n) is 15.1. The minimum absolute atomic E-state index is 0.0445. The van der Waals surface area contributed by atoms with Gasteiger partial charge in [0, 0.05) is 50.8 Å². The van der Waals surface area contributed by atoms with Crippen LogP contribution >= 0.6 is 0 Å². The van der Waals surface area contributed by atoms with Gasteiger partial charge in [-0.25, -0.2) is 0 Å². The van der Waals surface area contributed by atoms with E-state index in [-0.39, 0.29) is 18.4 Å². The second-order valence-electron chi connectivity index (χ2n) is 7.01. The molecule has 1 aromatic carbocycles. The van der Waals surface area contributed by atoms with E-state index in [1.807, 2.05) is 30.0 Å². The summed E-state index contributed by atoms with van der Waals surface area (Å²) in [7, 11) is 1.62. The Bertz CT molecular complexity index is 601. The van der Waals surface area contributed by atoms with Gasteiger partial charge in [-0.3, -0.25) is 9.69 Å². The van der Waals surface area contributed by atoms with Crippen LogP contribution < -0.4 is 4.74 Å². The average molecular weight is 348 g/mol. The van der Waals surface area contributed by atoms with Crippen molar-refractivity contribution in [2.24, 2.45) is 11.8 Å². The van der Waals surface area contributed by atoms with Crippen LogP contribution in [-0.4, -0.2) is 80.5 Å². The van der Waals surface area contributed by atoms with E-state index in [9.17, 15) is 9.90 Å². The summed E-state index contributed by atoms with van der Waals surface area (Å²) in [6, 6.07) is 5.54. The lowest BCUT2D eigenvalue weighted by atomic mass is 9.96. The molecule has 138 valence electrons. The van der Waals surface area contributed by atoms with Crippen LogP contribution in [0.3, 0.4) is 0 Å². The minimum Gasteiger partial charge on any atom is -0.497 e. The molecule has 1 amide bonds. The van der Waals surface area contributed by atoms with E-state index in [1.54, 1.807) is 7.11 Å². The van der Waals surface area contributed by atoms with Crippen LogP contribution in [0, 0.1) is 18.8 Å². The van der Waals surface area contributed by atoms with Crippen LogP contribution in [0.25, 0.3) is 0 Å². The lowest BCUT2D eigenvalue weighted by molar-refractivity contribution is 0.0264. The number of morpholine rings is 1. The van der Waals surface area contributed by atoms with Crippen LogP contribution in [0.4, 0.5) is 0 Å². The number of aliphatic hydroxyl groups is 1. The van der Waals surface area contributed by atoms with Gasteiger partial charge in [-0.05, 0) is 36.6 Å². The monoisotopic (exact) mass is 348 g/mol. The number of likely N-dealkylation sites (tertiary alicyclic amines) is 1. The van der Waals surface area contributed by atoms with Gasteiger partial charge in [0.15, 0.2) is 0 Å². The summed E-state index contributed by atoms with van der Waals surface area (Å²) < 4.78 is 10.6. The van der Waals surface area contributed by atoms with Crippen LogP contribution in [0.2, 0.25) is 0 Å². The van der Waals surface area contributed by atoms with Crippen molar-refractivity contribution in [1.29, 1.82) is 0 Å². The molecule has 2 atom stereocenters. The fraction of sp³-hybridized carbons (Fsp3) is 0.632. The third-order valence-corrected chi connectivity index (χ3v) is 5.36. The SMILES string of the molecule is COc1ccc(C(=O)N2CC(CO)C(CN3CCOCC3)C2)c(C)c1. The highest BCUT2D eigenvalue weighted by Gasteiger charge is 2.36. The number of amides is 1. The van der Waals surface area contributed by atoms with E-state index in [0.717, 1.165) is 44.2 Å². The summed E-state index contributed by atoms with van der Waals surface area (Å²) in [4.78, 5) is 17.2. The summed E-state index contributed by atoms with van der Waals surface area (Å²) >= 11 is 0. The molecular weight excluding hydrogens is 320 g/mol. The zero-order chi connectivity index (χ0) is 17.8. The molecule has 2 aliphatic rings. The largest absolute Gasteiger partial charge is 0.497 e. The number of hydrogen-bond donors (Lipinski definition) is 1. The molecule has 0 bridgehead atoms. The Hall–Kier alpha value is -1.63. The first kappa shape index (κ1) is 18.2. The molecule has 0 aliphatic carbocycles. The molecule has 25 heavy (non-hydrogen) atoms. The van der Waals surface area contributed by atoms with Gasteiger partial charge >= 0.3 is 0 Å². The Kier molecular flexibility index (Phi) is 5.93. The molecule has 6 nitrogen and oxygen atoms in total. The van der Waals surface area contributed by atoms with Gasteiger partial charge in [0.1, 0.15) is 5.75 Å². The van der Waals surface area contributed by atoms with Crippen molar-refractivity contribution in [3.05, 3.63) is 29.3 Å². The Morgan fingerprint density at radius 1 is 1.28 bits per heavy atom. The first-order valence-electron chi connectivity index (χ1n) is 8.97. The van der Waals surface area contributed by atoms with Crippen LogP contribution in [0.1, 0.15) is 15.9 Å². The fourth-order valence-corrected chi connectivity index (χ4v) is 3.81. The van der Waals surface area contributed by atoms with Gasteiger partial charge in [-0.15, -0.1) is 0 Å². The van der Waals surface area contributed by atoms with Gasteiger partial charge in [-0.2, -0.15) is 0 Å². The second-order valence-corrected chi connectivity index (χ2v) is 7.01. The Labute approximate surface area is 149 Å². The fourth-order valence-electron chi connectivity index (χ4n) is 3.81. The Balaban J connectivity index is 1.67. The average Bonchev–Trinajstić information content (AvgIpc) is 3.04. The number of benzene rings is 1. The van der Waals surface area contributed by atoms with Crippen molar-refractivity contribution in [3.8, 4) is 5.75 Å². The maximum Gasteiger partial charge on any atom is 0.254 e. The smallest absolute Gasteiger partial charge is 0.254 e. The van der Waals surface area contributed by atoms with E-state index >= 15 is 0 Å². The molecule has 0 saturated carbocycles. The molecule has 0 radical (unpaired) electrons. The van der Waals surface area contributed by atoms with Crippen molar-refractivity contribution in [2.45, 2.75) is 6.92 Å². The van der Waals surface area contributed by atoms with E-state index in [2.05, 4.69) is 4.90 Å². The predicted molar refractivity (Wildman–Crippen MR) is 95.0 cm³/mol. The lowest BCUT2D eigenvalue weighted by Crippen LogP contribution is -2.41. The van der Waals surface area contributed by atoms with Crippen molar-refractivity contribution in [3.63, 3.8) is 0 Å². The normalized spacial score (nSPS) is 24.5. The topological polar surface area (TPSA) is 62.2 Å². The number of hydrogen-bond acceptors (Lipinski definition) is 5. The Morgan fingerprint density at radius 2 is 2.00 bits per heavy atom.